The highest BCUT2D eigenvalue weighted by Gasteiger charge is 2.51. The molecule has 1 aliphatic carbocycles. The van der Waals surface area contributed by atoms with Crippen LogP contribution in [0.15, 0.2) is 24.3 Å². The summed E-state index contributed by atoms with van der Waals surface area (Å²) in [4.78, 5) is 11.2. The SMILES string of the molecule is COC1CC(Nc2ccc(F)cc2)(C(=O)O)C1. The fourth-order valence-electron chi connectivity index (χ4n) is 2.02. The molecule has 92 valence electrons. The Hall–Kier alpha value is -1.62. The summed E-state index contributed by atoms with van der Waals surface area (Å²) in [6.45, 7) is 0. The number of nitrogens with one attached hydrogen (secondary N) is 1. The van der Waals surface area contributed by atoms with Crippen molar-refractivity contribution in [3.8, 4) is 0 Å². The van der Waals surface area contributed by atoms with E-state index in [1.807, 2.05) is 0 Å². The predicted molar refractivity (Wildman–Crippen MR) is 60.4 cm³/mol. The van der Waals surface area contributed by atoms with Crippen LogP contribution >= 0.6 is 0 Å². The summed E-state index contributed by atoms with van der Waals surface area (Å²) in [5.41, 5.74) is -0.387. The first kappa shape index (κ1) is 11.9. The van der Waals surface area contributed by atoms with Crippen molar-refractivity contribution in [1.29, 1.82) is 0 Å². The van der Waals surface area contributed by atoms with Crippen LogP contribution in [0.3, 0.4) is 0 Å². The first-order valence-corrected chi connectivity index (χ1v) is 5.36. The highest BCUT2D eigenvalue weighted by Crippen LogP contribution is 2.37. The van der Waals surface area contributed by atoms with Gasteiger partial charge in [-0.2, -0.15) is 0 Å². The third-order valence-corrected chi connectivity index (χ3v) is 3.12. The second kappa shape index (κ2) is 4.33. The molecular formula is C12H14FNO3. The maximum absolute atomic E-state index is 12.7. The Balaban J connectivity index is 2.10. The molecule has 1 fully saturated rings. The first-order chi connectivity index (χ1) is 8.05. The molecule has 0 atom stereocenters. The number of hydrogen-bond donors (Lipinski definition) is 2. The smallest absolute Gasteiger partial charge is 0.329 e. The first-order valence-electron chi connectivity index (χ1n) is 5.36. The van der Waals surface area contributed by atoms with E-state index in [9.17, 15) is 14.3 Å². The van der Waals surface area contributed by atoms with E-state index in [4.69, 9.17) is 4.74 Å². The minimum atomic E-state index is -0.988. The summed E-state index contributed by atoms with van der Waals surface area (Å²) in [5, 5.41) is 12.2. The summed E-state index contributed by atoms with van der Waals surface area (Å²) in [5.74, 6) is -1.25. The number of halogens is 1. The van der Waals surface area contributed by atoms with Gasteiger partial charge in [-0.05, 0) is 24.3 Å². The lowest BCUT2D eigenvalue weighted by Gasteiger charge is -2.44. The van der Waals surface area contributed by atoms with Crippen LogP contribution in [0.1, 0.15) is 12.8 Å². The van der Waals surface area contributed by atoms with Crippen molar-refractivity contribution in [2.24, 2.45) is 0 Å². The molecule has 4 nitrogen and oxygen atoms in total. The average Bonchev–Trinajstić information content (AvgIpc) is 2.25. The van der Waals surface area contributed by atoms with Gasteiger partial charge in [0.15, 0.2) is 0 Å². The fraction of sp³-hybridized carbons (Fsp3) is 0.417. The van der Waals surface area contributed by atoms with E-state index >= 15 is 0 Å². The quantitative estimate of drug-likeness (QED) is 0.842. The van der Waals surface area contributed by atoms with Crippen LogP contribution in [0, 0.1) is 5.82 Å². The van der Waals surface area contributed by atoms with E-state index in [0.29, 0.717) is 18.5 Å². The van der Waals surface area contributed by atoms with Gasteiger partial charge in [-0.1, -0.05) is 0 Å². The van der Waals surface area contributed by atoms with Crippen LogP contribution in [0.4, 0.5) is 10.1 Å². The maximum atomic E-state index is 12.7. The molecule has 0 bridgehead atoms. The van der Waals surface area contributed by atoms with Gasteiger partial charge in [0.05, 0.1) is 6.10 Å². The highest BCUT2D eigenvalue weighted by molar-refractivity contribution is 5.84. The van der Waals surface area contributed by atoms with Crippen molar-refractivity contribution in [3.05, 3.63) is 30.1 Å². The minimum absolute atomic E-state index is 0.0287. The molecule has 0 amide bonds. The Morgan fingerprint density at radius 3 is 2.53 bits per heavy atom. The topological polar surface area (TPSA) is 58.6 Å². The molecule has 0 spiro atoms. The molecule has 0 aromatic heterocycles. The summed E-state index contributed by atoms with van der Waals surface area (Å²) >= 11 is 0. The zero-order valence-corrected chi connectivity index (χ0v) is 9.44. The number of carbonyl (C=O) groups is 1. The van der Waals surface area contributed by atoms with Gasteiger partial charge in [0, 0.05) is 25.6 Å². The van der Waals surface area contributed by atoms with Crippen LogP contribution in [0.5, 0.6) is 0 Å². The van der Waals surface area contributed by atoms with Gasteiger partial charge in [0.25, 0.3) is 0 Å². The largest absolute Gasteiger partial charge is 0.480 e. The number of carboxylic acid groups (broad SMARTS) is 1. The summed E-state index contributed by atoms with van der Waals surface area (Å²) in [7, 11) is 1.56. The van der Waals surface area contributed by atoms with Crippen molar-refractivity contribution in [2.45, 2.75) is 24.5 Å². The molecule has 5 heteroatoms. The van der Waals surface area contributed by atoms with Gasteiger partial charge >= 0.3 is 5.97 Å². The van der Waals surface area contributed by atoms with Crippen molar-refractivity contribution < 1.29 is 19.0 Å². The number of aliphatic carboxylic acids is 1. The Morgan fingerprint density at radius 2 is 2.06 bits per heavy atom. The number of benzene rings is 1. The molecule has 1 aromatic carbocycles. The molecule has 1 saturated carbocycles. The van der Waals surface area contributed by atoms with E-state index in [0.717, 1.165) is 0 Å². The molecular weight excluding hydrogens is 225 g/mol. The molecule has 17 heavy (non-hydrogen) atoms. The molecule has 1 aliphatic rings. The van der Waals surface area contributed by atoms with Gasteiger partial charge in [-0.3, -0.25) is 0 Å². The monoisotopic (exact) mass is 239 g/mol. The number of hydrogen-bond acceptors (Lipinski definition) is 3. The van der Waals surface area contributed by atoms with Crippen molar-refractivity contribution in [3.63, 3.8) is 0 Å². The van der Waals surface area contributed by atoms with E-state index < -0.39 is 11.5 Å². The van der Waals surface area contributed by atoms with Gasteiger partial charge in [-0.25, -0.2) is 9.18 Å². The van der Waals surface area contributed by atoms with Crippen molar-refractivity contribution >= 4 is 11.7 Å². The van der Waals surface area contributed by atoms with E-state index in [1.54, 1.807) is 7.11 Å². The number of carboxylic acids is 1. The summed E-state index contributed by atoms with van der Waals surface area (Å²) in [6, 6.07) is 5.65. The second-order valence-electron chi connectivity index (χ2n) is 4.29. The lowest BCUT2D eigenvalue weighted by Crippen LogP contribution is -2.59. The fourth-order valence-corrected chi connectivity index (χ4v) is 2.02. The molecule has 0 aliphatic heterocycles. The Bertz CT molecular complexity index is 412. The lowest BCUT2D eigenvalue weighted by molar-refractivity contribution is -0.151. The van der Waals surface area contributed by atoms with E-state index in [-0.39, 0.29) is 11.9 Å². The second-order valence-corrected chi connectivity index (χ2v) is 4.29. The van der Waals surface area contributed by atoms with Gasteiger partial charge in [-0.15, -0.1) is 0 Å². The van der Waals surface area contributed by atoms with Crippen LogP contribution in [-0.4, -0.2) is 29.8 Å². The molecule has 0 unspecified atom stereocenters. The molecule has 0 radical (unpaired) electrons. The minimum Gasteiger partial charge on any atom is -0.480 e. The Labute approximate surface area is 98.4 Å². The standard InChI is InChI=1S/C12H14FNO3/c1-17-10-6-12(7-10,11(15)16)14-9-4-2-8(13)3-5-9/h2-5,10,14H,6-7H2,1H3,(H,15,16). The number of methoxy groups -OCH3 is 1. The number of ether oxygens (including phenoxy) is 1. The van der Waals surface area contributed by atoms with E-state index in [1.165, 1.54) is 24.3 Å². The van der Waals surface area contributed by atoms with Gasteiger partial charge < -0.3 is 15.2 Å². The number of rotatable bonds is 4. The molecule has 2 N–H and O–H groups in total. The number of anilines is 1. The van der Waals surface area contributed by atoms with Crippen molar-refractivity contribution in [2.75, 3.05) is 12.4 Å². The van der Waals surface area contributed by atoms with Crippen LogP contribution < -0.4 is 5.32 Å². The molecule has 1 aromatic rings. The zero-order valence-electron chi connectivity index (χ0n) is 9.44. The molecule has 2 rings (SSSR count). The summed E-state index contributed by atoms with van der Waals surface area (Å²) in [6.07, 6.45) is 0.797. The highest BCUT2D eigenvalue weighted by atomic mass is 19.1. The third-order valence-electron chi connectivity index (χ3n) is 3.12. The summed E-state index contributed by atoms with van der Waals surface area (Å²) < 4.78 is 17.8. The predicted octanol–water partition coefficient (Wildman–Crippen LogP) is 1.87. The van der Waals surface area contributed by atoms with Gasteiger partial charge in [0.2, 0.25) is 0 Å². The van der Waals surface area contributed by atoms with Crippen LogP contribution in [0.25, 0.3) is 0 Å². The normalized spacial score (nSPS) is 27.3. The Morgan fingerprint density at radius 1 is 1.47 bits per heavy atom. The third kappa shape index (κ3) is 2.24. The average molecular weight is 239 g/mol. The lowest BCUT2D eigenvalue weighted by atomic mass is 9.74. The van der Waals surface area contributed by atoms with Crippen molar-refractivity contribution in [1.82, 2.24) is 0 Å². The Kier molecular flexibility index (Phi) is 3.02. The maximum Gasteiger partial charge on any atom is 0.329 e. The van der Waals surface area contributed by atoms with E-state index in [2.05, 4.69) is 5.32 Å². The van der Waals surface area contributed by atoms with Gasteiger partial charge in [0.1, 0.15) is 11.4 Å². The zero-order chi connectivity index (χ0) is 12.5. The molecule has 0 heterocycles. The molecule has 0 saturated heterocycles. The van der Waals surface area contributed by atoms with Crippen LogP contribution in [0.2, 0.25) is 0 Å². The van der Waals surface area contributed by atoms with Crippen LogP contribution in [-0.2, 0) is 9.53 Å².